The van der Waals surface area contributed by atoms with E-state index in [9.17, 15) is 4.79 Å². The van der Waals surface area contributed by atoms with Crippen LogP contribution in [-0.2, 0) is 6.54 Å². The number of aromatic nitrogens is 5. The predicted octanol–water partition coefficient (Wildman–Crippen LogP) is 2.48. The van der Waals surface area contributed by atoms with Gasteiger partial charge in [-0.2, -0.15) is 0 Å². The van der Waals surface area contributed by atoms with Gasteiger partial charge in [0, 0.05) is 12.4 Å². The fourth-order valence-electron chi connectivity index (χ4n) is 2.25. The summed E-state index contributed by atoms with van der Waals surface area (Å²) in [5.41, 5.74) is 1.82. The standard InChI is InChI=1S/C16H13N7OS/c24-15(19-9-14-21-10-3-1-2-4-11(10)22-14)12-7-20-16(25-12)23-13-8-17-5-6-18-13/h1-8H,9H2,(H,19,24)(H,21,22)(H,18,20,23). The molecule has 0 atom stereocenters. The van der Waals surface area contributed by atoms with E-state index in [1.54, 1.807) is 18.6 Å². The van der Waals surface area contributed by atoms with Gasteiger partial charge in [-0.3, -0.25) is 9.78 Å². The number of rotatable bonds is 5. The van der Waals surface area contributed by atoms with Crippen molar-refractivity contribution in [1.29, 1.82) is 0 Å². The molecule has 0 unspecified atom stereocenters. The third-order valence-electron chi connectivity index (χ3n) is 3.38. The van der Waals surface area contributed by atoms with Crippen LogP contribution >= 0.6 is 11.3 Å². The van der Waals surface area contributed by atoms with E-state index in [0.717, 1.165) is 11.0 Å². The molecule has 0 aliphatic heterocycles. The SMILES string of the molecule is O=C(NCc1nc2ccccc2[nH]1)c1cnc(Nc2cnccn2)s1. The second kappa shape index (κ2) is 6.65. The van der Waals surface area contributed by atoms with Gasteiger partial charge in [0.25, 0.3) is 5.91 Å². The molecule has 9 heteroatoms. The Balaban J connectivity index is 1.39. The van der Waals surface area contributed by atoms with Gasteiger partial charge in [0.05, 0.1) is 30.0 Å². The molecule has 0 spiro atoms. The second-order valence-electron chi connectivity index (χ2n) is 5.13. The van der Waals surface area contributed by atoms with Crippen molar-refractivity contribution in [1.82, 2.24) is 30.2 Å². The molecule has 0 bridgehead atoms. The first kappa shape index (κ1) is 15.2. The van der Waals surface area contributed by atoms with Crippen molar-refractivity contribution in [2.45, 2.75) is 6.54 Å². The zero-order valence-corrected chi connectivity index (χ0v) is 13.7. The number of carbonyl (C=O) groups excluding carboxylic acids is 1. The lowest BCUT2D eigenvalue weighted by Gasteiger charge is -2.00. The van der Waals surface area contributed by atoms with E-state index in [0.29, 0.717) is 28.2 Å². The number of H-pyrrole nitrogens is 1. The van der Waals surface area contributed by atoms with E-state index >= 15 is 0 Å². The Bertz CT molecular complexity index is 978. The molecule has 25 heavy (non-hydrogen) atoms. The van der Waals surface area contributed by atoms with E-state index in [-0.39, 0.29) is 5.91 Å². The molecule has 0 radical (unpaired) electrons. The summed E-state index contributed by atoms with van der Waals surface area (Å²) >= 11 is 1.24. The normalized spacial score (nSPS) is 10.7. The Labute approximate surface area is 146 Å². The Hall–Kier alpha value is -3.33. The molecule has 4 aromatic rings. The maximum Gasteiger partial charge on any atom is 0.263 e. The van der Waals surface area contributed by atoms with Crippen molar-refractivity contribution in [3.05, 3.63) is 59.8 Å². The minimum atomic E-state index is -0.204. The predicted molar refractivity (Wildman–Crippen MR) is 94.7 cm³/mol. The van der Waals surface area contributed by atoms with Crippen LogP contribution in [0.15, 0.2) is 49.1 Å². The number of carbonyl (C=O) groups is 1. The Morgan fingerprint density at radius 2 is 2.08 bits per heavy atom. The number of amides is 1. The summed E-state index contributed by atoms with van der Waals surface area (Å²) in [4.78, 5) is 32.6. The Kier molecular flexibility index (Phi) is 4.05. The molecular weight excluding hydrogens is 338 g/mol. The molecule has 0 fully saturated rings. The molecule has 1 aromatic carbocycles. The maximum atomic E-state index is 12.3. The number of anilines is 2. The molecule has 4 rings (SSSR count). The number of hydrogen-bond donors (Lipinski definition) is 3. The number of aromatic amines is 1. The number of para-hydroxylation sites is 2. The molecule has 3 heterocycles. The first-order chi connectivity index (χ1) is 12.3. The van der Waals surface area contributed by atoms with Gasteiger partial charge in [-0.05, 0) is 12.1 Å². The molecule has 0 saturated heterocycles. The van der Waals surface area contributed by atoms with Gasteiger partial charge in [0.15, 0.2) is 10.9 Å². The van der Waals surface area contributed by atoms with Crippen LogP contribution in [0.1, 0.15) is 15.5 Å². The number of imidazole rings is 1. The highest BCUT2D eigenvalue weighted by atomic mass is 32.1. The van der Waals surface area contributed by atoms with Gasteiger partial charge < -0.3 is 15.6 Å². The van der Waals surface area contributed by atoms with E-state index in [1.807, 2.05) is 24.3 Å². The van der Waals surface area contributed by atoms with Crippen LogP contribution in [0.2, 0.25) is 0 Å². The highest BCUT2D eigenvalue weighted by Gasteiger charge is 2.12. The molecule has 8 nitrogen and oxygen atoms in total. The third kappa shape index (κ3) is 3.45. The summed E-state index contributed by atoms with van der Waals surface area (Å²) in [7, 11) is 0. The van der Waals surface area contributed by atoms with Crippen LogP contribution < -0.4 is 10.6 Å². The minimum Gasteiger partial charge on any atom is -0.344 e. The molecular formula is C16H13N7OS. The fourth-order valence-corrected chi connectivity index (χ4v) is 2.99. The van der Waals surface area contributed by atoms with Crippen LogP contribution in [0.25, 0.3) is 11.0 Å². The van der Waals surface area contributed by atoms with Crippen molar-refractivity contribution >= 4 is 39.2 Å². The number of nitrogens with one attached hydrogen (secondary N) is 3. The van der Waals surface area contributed by atoms with Gasteiger partial charge >= 0.3 is 0 Å². The van der Waals surface area contributed by atoms with Crippen molar-refractivity contribution in [3.63, 3.8) is 0 Å². The number of hydrogen-bond acceptors (Lipinski definition) is 7. The first-order valence-corrected chi connectivity index (χ1v) is 8.30. The van der Waals surface area contributed by atoms with Crippen LogP contribution in [0.4, 0.5) is 10.9 Å². The molecule has 3 aromatic heterocycles. The molecule has 124 valence electrons. The van der Waals surface area contributed by atoms with Crippen molar-refractivity contribution < 1.29 is 4.79 Å². The maximum absolute atomic E-state index is 12.3. The molecule has 3 N–H and O–H groups in total. The van der Waals surface area contributed by atoms with Crippen molar-refractivity contribution in [2.75, 3.05) is 5.32 Å². The summed E-state index contributed by atoms with van der Waals surface area (Å²) < 4.78 is 0. The zero-order valence-electron chi connectivity index (χ0n) is 12.9. The average Bonchev–Trinajstić information content (AvgIpc) is 3.27. The molecule has 0 aliphatic carbocycles. The van der Waals surface area contributed by atoms with E-state index in [1.165, 1.54) is 17.5 Å². The van der Waals surface area contributed by atoms with E-state index < -0.39 is 0 Å². The van der Waals surface area contributed by atoms with Gasteiger partial charge in [-0.1, -0.05) is 23.5 Å². The van der Waals surface area contributed by atoms with Gasteiger partial charge in [-0.15, -0.1) is 0 Å². The lowest BCUT2D eigenvalue weighted by molar-refractivity contribution is 0.0954. The van der Waals surface area contributed by atoms with Crippen molar-refractivity contribution in [3.8, 4) is 0 Å². The van der Waals surface area contributed by atoms with Gasteiger partial charge in [0.2, 0.25) is 0 Å². The summed E-state index contributed by atoms with van der Waals surface area (Å²) in [6, 6.07) is 7.73. The molecule has 1 amide bonds. The highest BCUT2D eigenvalue weighted by Crippen LogP contribution is 2.21. The highest BCUT2D eigenvalue weighted by molar-refractivity contribution is 7.17. The summed E-state index contributed by atoms with van der Waals surface area (Å²) in [5.74, 6) is 1.08. The summed E-state index contributed by atoms with van der Waals surface area (Å²) in [6.07, 6.45) is 6.28. The smallest absolute Gasteiger partial charge is 0.263 e. The topological polar surface area (TPSA) is 108 Å². The molecule has 0 aliphatic rings. The summed E-state index contributed by atoms with van der Waals surface area (Å²) in [5, 5.41) is 6.42. The Morgan fingerprint density at radius 1 is 1.16 bits per heavy atom. The van der Waals surface area contributed by atoms with Crippen LogP contribution in [0.3, 0.4) is 0 Å². The van der Waals surface area contributed by atoms with Crippen molar-refractivity contribution in [2.24, 2.45) is 0 Å². The van der Waals surface area contributed by atoms with E-state index in [2.05, 4.69) is 35.6 Å². The summed E-state index contributed by atoms with van der Waals surface area (Å²) in [6.45, 7) is 0.318. The second-order valence-corrected chi connectivity index (χ2v) is 6.16. The third-order valence-corrected chi connectivity index (χ3v) is 4.29. The largest absolute Gasteiger partial charge is 0.344 e. The fraction of sp³-hybridized carbons (Fsp3) is 0.0625. The zero-order chi connectivity index (χ0) is 17.1. The average molecular weight is 351 g/mol. The number of nitrogens with zero attached hydrogens (tertiary/aromatic N) is 4. The van der Waals surface area contributed by atoms with Gasteiger partial charge in [0.1, 0.15) is 10.7 Å². The number of benzene rings is 1. The number of thiazole rings is 1. The van der Waals surface area contributed by atoms with Crippen LogP contribution in [0, 0.1) is 0 Å². The monoisotopic (exact) mass is 351 g/mol. The van der Waals surface area contributed by atoms with E-state index in [4.69, 9.17) is 0 Å². The lowest BCUT2D eigenvalue weighted by atomic mass is 10.3. The molecule has 0 saturated carbocycles. The first-order valence-electron chi connectivity index (χ1n) is 7.48. The lowest BCUT2D eigenvalue weighted by Crippen LogP contribution is -2.22. The quantitative estimate of drug-likeness (QED) is 0.510. The van der Waals surface area contributed by atoms with Gasteiger partial charge in [-0.25, -0.2) is 15.0 Å². The van der Waals surface area contributed by atoms with Crippen LogP contribution in [-0.4, -0.2) is 30.8 Å². The van der Waals surface area contributed by atoms with Crippen LogP contribution in [0.5, 0.6) is 0 Å². The Morgan fingerprint density at radius 3 is 2.92 bits per heavy atom. The minimum absolute atomic E-state index is 0.204. The number of fused-ring (bicyclic) bond motifs is 1.